The van der Waals surface area contributed by atoms with Crippen LogP contribution in [0.2, 0.25) is 5.28 Å². The van der Waals surface area contributed by atoms with Crippen molar-refractivity contribution in [1.29, 1.82) is 0 Å². The van der Waals surface area contributed by atoms with Crippen LogP contribution >= 0.6 is 11.6 Å². The number of anilines is 2. The van der Waals surface area contributed by atoms with E-state index in [1.807, 2.05) is 19.1 Å². The number of pyridine rings is 1. The lowest BCUT2D eigenvalue weighted by Crippen LogP contribution is -2.12. The van der Waals surface area contributed by atoms with Gasteiger partial charge in [0, 0.05) is 18.9 Å². The largest absolute Gasteiger partial charge is 0.354 e. The third-order valence-corrected chi connectivity index (χ3v) is 2.84. The molecule has 0 saturated carbocycles. The highest BCUT2D eigenvalue weighted by molar-refractivity contribution is 6.28. The van der Waals surface area contributed by atoms with Gasteiger partial charge in [-0.2, -0.15) is 15.0 Å². The summed E-state index contributed by atoms with van der Waals surface area (Å²) in [7, 11) is 0. The molecule has 0 fully saturated rings. The Labute approximate surface area is 123 Å². The average molecular weight is 293 g/mol. The third-order valence-electron chi connectivity index (χ3n) is 2.67. The Morgan fingerprint density at radius 3 is 2.75 bits per heavy atom. The van der Waals surface area contributed by atoms with Crippen LogP contribution in [0, 0.1) is 0 Å². The van der Waals surface area contributed by atoms with E-state index in [9.17, 15) is 0 Å². The van der Waals surface area contributed by atoms with Crippen molar-refractivity contribution in [3.63, 3.8) is 0 Å². The Kier molecular flexibility index (Phi) is 5.06. The van der Waals surface area contributed by atoms with Crippen molar-refractivity contribution in [1.82, 2.24) is 19.9 Å². The first-order valence-corrected chi connectivity index (χ1v) is 6.88. The van der Waals surface area contributed by atoms with Gasteiger partial charge in [0.15, 0.2) is 0 Å². The second kappa shape index (κ2) is 7.00. The fraction of sp³-hybridized carbons (Fsp3) is 0.385. The molecule has 7 heteroatoms. The number of nitrogens with zero attached hydrogens (tertiary/aromatic N) is 4. The molecule has 0 aliphatic carbocycles. The first-order chi connectivity index (χ1) is 9.69. The Balaban J connectivity index is 2.10. The maximum Gasteiger partial charge on any atom is 0.229 e. The summed E-state index contributed by atoms with van der Waals surface area (Å²) in [5.41, 5.74) is 1.05. The predicted octanol–water partition coefficient (Wildman–Crippen LogP) is 2.92. The van der Waals surface area contributed by atoms with Gasteiger partial charge in [0.25, 0.3) is 0 Å². The third kappa shape index (κ3) is 4.03. The second-order valence-corrected chi connectivity index (χ2v) is 4.67. The molecule has 2 rings (SSSR count). The summed E-state index contributed by atoms with van der Waals surface area (Å²) in [6.45, 7) is 4.87. The second-order valence-electron chi connectivity index (χ2n) is 4.33. The first kappa shape index (κ1) is 14.5. The van der Waals surface area contributed by atoms with Crippen LogP contribution in [-0.4, -0.2) is 26.5 Å². The SMILES string of the molecule is CCCNc1nc(Cl)nc(NC(C)c2cccnc2)n1. The number of halogens is 1. The Hall–Kier alpha value is -1.95. The normalized spacial score (nSPS) is 11.9. The summed E-state index contributed by atoms with van der Waals surface area (Å²) in [6.07, 6.45) is 4.53. The van der Waals surface area contributed by atoms with Crippen molar-refractivity contribution in [3.8, 4) is 0 Å². The van der Waals surface area contributed by atoms with E-state index in [1.54, 1.807) is 12.4 Å². The fourth-order valence-corrected chi connectivity index (χ4v) is 1.80. The Morgan fingerprint density at radius 2 is 2.05 bits per heavy atom. The van der Waals surface area contributed by atoms with Crippen molar-refractivity contribution >= 4 is 23.5 Å². The summed E-state index contributed by atoms with van der Waals surface area (Å²) in [5.74, 6) is 0.924. The van der Waals surface area contributed by atoms with Crippen LogP contribution in [0.15, 0.2) is 24.5 Å². The van der Waals surface area contributed by atoms with Crippen molar-refractivity contribution in [3.05, 3.63) is 35.4 Å². The van der Waals surface area contributed by atoms with Crippen LogP contribution in [0.3, 0.4) is 0 Å². The number of rotatable bonds is 6. The summed E-state index contributed by atoms with van der Waals surface area (Å²) >= 11 is 5.90. The van der Waals surface area contributed by atoms with E-state index in [4.69, 9.17) is 11.6 Å². The lowest BCUT2D eigenvalue weighted by molar-refractivity contribution is 0.844. The van der Waals surface area contributed by atoms with Crippen molar-refractivity contribution in [2.24, 2.45) is 0 Å². The molecule has 0 saturated heterocycles. The molecule has 0 radical (unpaired) electrons. The van der Waals surface area contributed by atoms with E-state index >= 15 is 0 Å². The maximum atomic E-state index is 5.90. The monoisotopic (exact) mass is 292 g/mol. The molecule has 2 N–H and O–H groups in total. The van der Waals surface area contributed by atoms with Gasteiger partial charge >= 0.3 is 0 Å². The molecular formula is C13H17ClN6. The summed E-state index contributed by atoms with van der Waals surface area (Å²) in [5, 5.41) is 6.44. The molecule has 1 unspecified atom stereocenters. The van der Waals surface area contributed by atoms with Crippen LogP contribution < -0.4 is 10.6 Å². The van der Waals surface area contributed by atoms with Crippen LogP contribution in [-0.2, 0) is 0 Å². The minimum absolute atomic E-state index is 0.0289. The molecule has 1 atom stereocenters. The van der Waals surface area contributed by atoms with Crippen LogP contribution in [0.4, 0.5) is 11.9 Å². The van der Waals surface area contributed by atoms with E-state index in [2.05, 4.69) is 37.5 Å². The van der Waals surface area contributed by atoms with Crippen LogP contribution in [0.1, 0.15) is 31.9 Å². The molecule has 2 aromatic rings. The maximum absolute atomic E-state index is 5.90. The number of aromatic nitrogens is 4. The molecule has 2 heterocycles. The zero-order chi connectivity index (χ0) is 14.4. The van der Waals surface area contributed by atoms with Gasteiger partial charge in [0.05, 0.1) is 6.04 Å². The molecule has 106 valence electrons. The van der Waals surface area contributed by atoms with Gasteiger partial charge in [0.2, 0.25) is 17.2 Å². The highest BCUT2D eigenvalue weighted by Crippen LogP contribution is 2.17. The molecule has 0 bridgehead atoms. The average Bonchev–Trinajstić information content (AvgIpc) is 2.45. The summed E-state index contributed by atoms with van der Waals surface area (Å²) in [4.78, 5) is 16.5. The number of hydrogen-bond donors (Lipinski definition) is 2. The Morgan fingerprint density at radius 1 is 1.25 bits per heavy atom. The van der Waals surface area contributed by atoms with Gasteiger partial charge in [-0.25, -0.2) is 0 Å². The topological polar surface area (TPSA) is 75.6 Å². The smallest absolute Gasteiger partial charge is 0.229 e. The van der Waals surface area contributed by atoms with Crippen LogP contribution in [0.5, 0.6) is 0 Å². The molecule has 2 aromatic heterocycles. The minimum atomic E-state index is 0.0289. The van der Waals surface area contributed by atoms with Crippen molar-refractivity contribution < 1.29 is 0 Å². The van der Waals surface area contributed by atoms with Crippen molar-refractivity contribution in [2.75, 3.05) is 17.2 Å². The minimum Gasteiger partial charge on any atom is -0.354 e. The van der Waals surface area contributed by atoms with Crippen molar-refractivity contribution in [2.45, 2.75) is 26.3 Å². The summed E-state index contributed by atoms with van der Waals surface area (Å²) in [6, 6.07) is 3.91. The zero-order valence-corrected chi connectivity index (χ0v) is 12.2. The zero-order valence-electron chi connectivity index (χ0n) is 11.5. The molecule has 0 spiro atoms. The molecule has 0 aliphatic heterocycles. The highest BCUT2D eigenvalue weighted by atomic mass is 35.5. The lowest BCUT2D eigenvalue weighted by Gasteiger charge is -2.14. The van der Waals surface area contributed by atoms with Gasteiger partial charge in [0.1, 0.15) is 0 Å². The van der Waals surface area contributed by atoms with Gasteiger partial charge in [-0.1, -0.05) is 13.0 Å². The van der Waals surface area contributed by atoms with E-state index < -0.39 is 0 Å². The lowest BCUT2D eigenvalue weighted by atomic mass is 10.1. The number of nitrogens with one attached hydrogen (secondary N) is 2. The molecular weight excluding hydrogens is 276 g/mol. The summed E-state index contributed by atoms with van der Waals surface area (Å²) < 4.78 is 0. The Bertz CT molecular complexity index is 548. The van der Waals surface area contributed by atoms with E-state index in [-0.39, 0.29) is 11.3 Å². The molecule has 6 nitrogen and oxygen atoms in total. The molecule has 0 aromatic carbocycles. The van der Waals surface area contributed by atoms with Gasteiger partial charge < -0.3 is 10.6 Å². The van der Waals surface area contributed by atoms with E-state index in [0.29, 0.717) is 11.9 Å². The quantitative estimate of drug-likeness (QED) is 0.852. The van der Waals surface area contributed by atoms with E-state index in [0.717, 1.165) is 18.5 Å². The first-order valence-electron chi connectivity index (χ1n) is 6.51. The molecule has 0 aliphatic rings. The standard InChI is InChI=1S/C13H17ClN6/c1-3-6-16-12-18-11(14)19-13(20-12)17-9(2)10-5-4-7-15-8-10/h4-5,7-9H,3,6H2,1-2H3,(H2,16,17,18,19,20). The number of hydrogen-bond acceptors (Lipinski definition) is 6. The van der Waals surface area contributed by atoms with Gasteiger partial charge in [-0.05, 0) is 36.6 Å². The predicted molar refractivity (Wildman–Crippen MR) is 79.9 cm³/mol. The molecule has 0 amide bonds. The van der Waals surface area contributed by atoms with Crippen LogP contribution in [0.25, 0.3) is 0 Å². The van der Waals surface area contributed by atoms with Gasteiger partial charge in [-0.15, -0.1) is 0 Å². The van der Waals surface area contributed by atoms with Gasteiger partial charge in [-0.3, -0.25) is 4.98 Å². The fourth-order valence-electron chi connectivity index (χ4n) is 1.64. The highest BCUT2D eigenvalue weighted by Gasteiger charge is 2.09. The van der Waals surface area contributed by atoms with E-state index in [1.165, 1.54) is 0 Å². The molecule has 20 heavy (non-hydrogen) atoms.